The van der Waals surface area contributed by atoms with E-state index in [4.69, 9.17) is 5.11 Å². The highest BCUT2D eigenvalue weighted by atomic mass is 32.1. The molecule has 1 amide bonds. The van der Waals surface area contributed by atoms with Crippen LogP contribution in [0.25, 0.3) is 42.5 Å². The van der Waals surface area contributed by atoms with Crippen molar-refractivity contribution >= 4 is 99.2 Å². The highest BCUT2D eigenvalue weighted by molar-refractivity contribution is 7.22. The third kappa shape index (κ3) is 9.11. The minimum atomic E-state index is -4.76. The van der Waals surface area contributed by atoms with Gasteiger partial charge in [0.25, 0.3) is 5.91 Å². The van der Waals surface area contributed by atoms with Gasteiger partial charge in [-0.15, -0.1) is 26.3 Å². The second-order valence-electron chi connectivity index (χ2n) is 13.0. The smallest absolute Gasteiger partial charge is 0.478 e. The van der Waals surface area contributed by atoms with Gasteiger partial charge >= 0.3 is 18.7 Å². The number of amides is 1. The number of fused-ring (bicyclic) bond motifs is 4. The Bertz CT molecular complexity index is 2920. The van der Waals surface area contributed by atoms with Gasteiger partial charge in [0.2, 0.25) is 11.9 Å². The molecule has 0 aliphatic rings. The van der Waals surface area contributed by atoms with Crippen molar-refractivity contribution in [1.29, 1.82) is 0 Å². The second-order valence-corrected chi connectivity index (χ2v) is 15.1. The van der Waals surface area contributed by atoms with Crippen molar-refractivity contribution in [3.05, 3.63) is 83.9 Å². The van der Waals surface area contributed by atoms with Crippen LogP contribution in [-0.2, 0) is 14.1 Å². The molecular weight excluding hydrogens is 843 g/mol. The van der Waals surface area contributed by atoms with Gasteiger partial charge < -0.3 is 34.3 Å². The van der Waals surface area contributed by atoms with Crippen LogP contribution in [0.4, 0.5) is 48.5 Å². The number of hydrogen-bond acceptors (Lipinski definition) is 13. The van der Waals surface area contributed by atoms with Crippen LogP contribution >= 0.6 is 22.7 Å². The van der Waals surface area contributed by atoms with Crippen molar-refractivity contribution in [2.24, 2.45) is 14.1 Å². The number of ether oxygens (including phenoxy) is 2. The first kappa shape index (κ1) is 41.4. The molecule has 0 bridgehead atoms. The largest absolute Gasteiger partial charge is 0.573 e. The van der Waals surface area contributed by atoms with E-state index in [2.05, 4.69) is 40.0 Å². The van der Waals surface area contributed by atoms with E-state index in [9.17, 15) is 35.9 Å². The minimum absolute atomic E-state index is 0.120. The van der Waals surface area contributed by atoms with Crippen molar-refractivity contribution in [3.8, 4) is 11.5 Å². The van der Waals surface area contributed by atoms with E-state index in [1.54, 1.807) is 56.0 Å². The predicted molar refractivity (Wildman–Crippen MR) is 213 cm³/mol. The maximum absolute atomic E-state index is 12.6. The molecule has 0 radical (unpaired) electrons. The first-order valence-corrected chi connectivity index (χ1v) is 18.8. The van der Waals surface area contributed by atoms with Crippen molar-refractivity contribution in [1.82, 2.24) is 39.1 Å². The Labute approximate surface area is 342 Å². The molecule has 4 heterocycles. The fourth-order valence-corrected chi connectivity index (χ4v) is 7.54. The Morgan fingerprint density at radius 2 is 1.07 bits per heavy atom. The molecule has 4 aromatic heterocycles. The normalized spacial score (nSPS) is 11.9. The van der Waals surface area contributed by atoms with E-state index >= 15 is 0 Å². The summed E-state index contributed by atoms with van der Waals surface area (Å²) in [6, 6.07) is 17.7. The third-order valence-corrected chi connectivity index (χ3v) is 10.6. The summed E-state index contributed by atoms with van der Waals surface area (Å²) in [7, 11) is 8.79. The van der Waals surface area contributed by atoms with Gasteiger partial charge in [-0.25, -0.2) is 29.7 Å². The van der Waals surface area contributed by atoms with E-state index in [0.717, 1.165) is 22.4 Å². The Balaban J connectivity index is 0.000000183. The molecule has 0 fully saturated rings. The number of thiazole rings is 2. The Morgan fingerprint density at radius 3 is 1.48 bits per heavy atom. The number of aromatic nitrogens is 6. The molecule has 8 aromatic rings. The summed E-state index contributed by atoms with van der Waals surface area (Å²) in [5.41, 5.74) is 4.29. The summed E-state index contributed by atoms with van der Waals surface area (Å²) in [6.45, 7) is 0. The second kappa shape index (κ2) is 15.8. The highest BCUT2D eigenvalue weighted by Crippen LogP contribution is 2.35. The molecule has 0 aliphatic carbocycles. The quantitative estimate of drug-likeness (QED) is 0.0934. The van der Waals surface area contributed by atoms with Crippen molar-refractivity contribution in [3.63, 3.8) is 0 Å². The summed E-state index contributed by atoms with van der Waals surface area (Å²) in [5.74, 6) is -0.938. The first-order valence-electron chi connectivity index (χ1n) is 17.2. The van der Waals surface area contributed by atoms with E-state index in [0.29, 0.717) is 59.2 Å². The zero-order valence-corrected chi connectivity index (χ0v) is 33.3. The van der Waals surface area contributed by atoms with E-state index in [1.165, 1.54) is 64.9 Å². The number of benzene rings is 4. The van der Waals surface area contributed by atoms with Gasteiger partial charge in [-0.2, -0.15) is 0 Å². The van der Waals surface area contributed by atoms with E-state index in [-0.39, 0.29) is 23.0 Å². The van der Waals surface area contributed by atoms with Crippen LogP contribution in [0.15, 0.2) is 72.8 Å². The summed E-state index contributed by atoms with van der Waals surface area (Å²) in [6.07, 6.45) is -9.52. The number of carbonyl (C=O) groups is 2. The molecule has 0 saturated heterocycles. The number of hydrogen-bond donors (Lipinski definition) is 3. The fourth-order valence-electron chi connectivity index (χ4n) is 5.76. The predicted octanol–water partition coefficient (Wildman–Crippen LogP) is 8.90. The molecule has 15 nitrogen and oxygen atoms in total. The van der Waals surface area contributed by atoms with Crippen LogP contribution in [0.2, 0.25) is 0 Å². The monoisotopic (exact) mass is 872 g/mol. The molecule has 60 heavy (non-hydrogen) atoms. The molecule has 4 aromatic carbocycles. The number of carboxylic acid groups (broad SMARTS) is 1. The maximum Gasteiger partial charge on any atom is 0.573 e. The summed E-state index contributed by atoms with van der Waals surface area (Å²) < 4.78 is 86.9. The number of alkyl halides is 6. The minimum Gasteiger partial charge on any atom is -0.478 e. The summed E-state index contributed by atoms with van der Waals surface area (Å²) >= 11 is 2.32. The Hall–Kier alpha value is -6.72. The molecule has 0 atom stereocenters. The number of nitrogens with zero attached hydrogens (tertiary/aromatic N) is 8. The van der Waals surface area contributed by atoms with Gasteiger partial charge in [0, 0.05) is 52.9 Å². The lowest BCUT2D eigenvalue weighted by Crippen LogP contribution is -2.38. The molecule has 0 saturated carbocycles. The Kier molecular flexibility index (Phi) is 10.9. The number of imidazole rings is 2. The first-order chi connectivity index (χ1) is 28.2. The fraction of sp³-hybridized carbons (Fsp3) is 0.189. The Morgan fingerprint density at radius 1 is 0.633 bits per heavy atom. The van der Waals surface area contributed by atoms with Gasteiger partial charge in [0.05, 0.1) is 48.1 Å². The maximum atomic E-state index is 12.6. The number of nitrogens with one attached hydrogen (secondary N) is 2. The van der Waals surface area contributed by atoms with E-state index < -0.39 is 18.7 Å². The third-order valence-electron chi connectivity index (χ3n) is 8.77. The lowest BCUT2D eigenvalue weighted by Gasteiger charge is -2.24. The number of rotatable bonds is 9. The number of aromatic carboxylic acids is 1. The molecule has 3 N–H and O–H groups in total. The molecule has 312 valence electrons. The SMILES string of the molecule is CN(C)N(C)C(=O)c1ccc2c(c1)nc(Nc1nc3ccc(OC(F)(F)F)cc3s1)n2C.Cn1c(Nc2nc3ccc(OC(F)(F)F)cc3s2)nc2cc(C(=O)O)ccc21. The molecule has 8 rings (SSSR count). The van der Waals surface area contributed by atoms with Gasteiger partial charge in [0.1, 0.15) is 11.5 Å². The summed E-state index contributed by atoms with van der Waals surface area (Å²) in [4.78, 5) is 41.3. The molecule has 0 spiro atoms. The van der Waals surface area contributed by atoms with Gasteiger partial charge in [-0.3, -0.25) is 9.80 Å². The van der Waals surface area contributed by atoms with Gasteiger partial charge in [-0.1, -0.05) is 22.7 Å². The average Bonchev–Trinajstić information content (AvgIpc) is 3.92. The van der Waals surface area contributed by atoms with Gasteiger partial charge in [0.15, 0.2) is 10.3 Å². The number of anilines is 4. The van der Waals surface area contributed by atoms with Crippen LogP contribution in [0.1, 0.15) is 20.7 Å². The van der Waals surface area contributed by atoms with Crippen LogP contribution in [0, 0.1) is 0 Å². The van der Waals surface area contributed by atoms with Crippen LogP contribution in [0.5, 0.6) is 11.5 Å². The molecule has 0 unspecified atom stereocenters. The average molecular weight is 873 g/mol. The molecular formula is C37H30F6N10O5S2. The van der Waals surface area contributed by atoms with Crippen LogP contribution in [0.3, 0.4) is 0 Å². The zero-order chi connectivity index (χ0) is 43.3. The lowest BCUT2D eigenvalue weighted by molar-refractivity contribution is -0.275. The number of halogens is 6. The van der Waals surface area contributed by atoms with Gasteiger partial charge in [-0.05, 0) is 60.7 Å². The number of aryl methyl sites for hydroxylation is 2. The summed E-state index contributed by atoms with van der Waals surface area (Å²) in [5, 5.41) is 19.3. The number of hydrazine groups is 1. The number of carbonyl (C=O) groups excluding carboxylic acids is 1. The van der Waals surface area contributed by atoms with E-state index in [1.807, 2.05) is 17.7 Å². The molecule has 0 aliphatic heterocycles. The lowest BCUT2D eigenvalue weighted by atomic mass is 10.2. The van der Waals surface area contributed by atoms with Crippen molar-refractivity contribution in [2.45, 2.75) is 12.7 Å². The van der Waals surface area contributed by atoms with Crippen LogP contribution < -0.4 is 20.1 Å². The standard InChI is InChI=1S/C20H19F3N6O2S.C17H11F3N4O3S/c1-27(2)29(4)17(30)11-5-8-15-14(9-11)24-18(28(15)3)26-19-25-13-7-6-12(10-16(13)32-19)31-20(21,22)23;1-24-12-5-2-8(14(25)26)6-11(12)21-15(24)23-16-22-10-4-3-9(7-13(10)28-16)27-17(18,19)20/h5-10H,1-4H3,(H,24,25,26);2-7H,1H3,(H,25,26)(H,21,22,23). The topological polar surface area (TPSA) is 165 Å². The molecule has 23 heteroatoms. The van der Waals surface area contributed by atoms with Crippen LogP contribution in [-0.4, -0.2) is 89.9 Å². The number of carboxylic acids is 1. The highest BCUT2D eigenvalue weighted by Gasteiger charge is 2.32. The zero-order valence-electron chi connectivity index (χ0n) is 31.7. The van der Waals surface area contributed by atoms with Crippen molar-refractivity contribution < 1.29 is 50.5 Å². The van der Waals surface area contributed by atoms with Crippen molar-refractivity contribution in [2.75, 3.05) is 31.8 Å².